The molecule has 0 aromatic rings. The normalized spacial score (nSPS) is 14.2. The maximum absolute atomic E-state index is 12.9. The van der Waals surface area contributed by atoms with Gasteiger partial charge in [0.15, 0.2) is 12.2 Å². The standard InChI is InChI=1S/C61H118O17P2/c1-5-9-13-17-20-23-24-25-26-27-28-29-30-31-32-33-36-40-44-48-61(66)78-57(52-72-59(64)46-42-38-34-21-18-14-10-6-2)54-76-80(69,70)74-50-55(62)49-73-79(67,68)75-53-56(51-71-58(63)45-41-37-16-12-8-4)77-60(65)47-43-39-35-22-19-15-11-7-3/h55-57,62H,5-54H2,1-4H3,(H,67,68)(H,69,70)/t55-,56+,57+/m0/s1. The second kappa shape index (κ2) is 56.2. The summed E-state index contributed by atoms with van der Waals surface area (Å²) >= 11 is 0. The number of hydrogen-bond donors (Lipinski definition) is 3. The number of esters is 4. The molecule has 0 saturated carbocycles. The molecule has 0 heterocycles. The molecule has 0 aliphatic heterocycles. The van der Waals surface area contributed by atoms with Gasteiger partial charge in [-0.25, -0.2) is 9.13 Å². The number of phosphoric acid groups is 2. The van der Waals surface area contributed by atoms with E-state index in [1.165, 1.54) is 122 Å². The van der Waals surface area contributed by atoms with Crippen molar-refractivity contribution < 1.29 is 80.2 Å². The molecule has 0 aromatic carbocycles. The van der Waals surface area contributed by atoms with Crippen LogP contribution in [0.3, 0.4) is 0 Å². The Balaban J connectivity index is 5.05. The highest BCUT2D eigenvalue weighted by molar-refractivity contribution is 7.47. The number of carbonyl (C=O) groups is 4. The summed E-state index contributed by atoms with van der Waals surface area (Å²) in [6.07, 6.45) is 40.9. The zero-order valence-electron chi connectivity index (χ0n) is 51.0. The molecular weight excluding hydrogens is 1070 g/mol. The van der Waals surface area contributed by atoms with Crippen LogP contribution in [0.4, 0.5) is 0 Å². The van der Waals surface area contributed by atoms with Crippen LogP contribution >= 0.6 is 15.6 Å². The van der Waals surface area contributed by atoms with E-state index >= 15 is 0 Å². The van der Waals surface area contributed by atoms with Crippen molar-refractivity contribution in [1.82, 2.24) is 0 Å². The highest BCUT2D eigenvalue weighted by atomic mass is 31.2. The zero-order chi connectivity index (χ0) is 59.1. The molecule has 5 atom stereocenters. The Kier molecular flexibility index (Phi) is 54.8. The zero-order valence-corrected chi connectivity index (χ0v) is 52.8. The number of aliphatic hydroxyl groups excluding tert-OH is 1. The minimum atomic E-state index is -4.94. The summed E-state index contributed by atoms with van der Waals surface area (Å²) in [6.45, 7) is 4.73. The Hall–Kier alpha value is -1.94. The summed E-state index contributed by atoms with van der Waals surface area (Å²) in [4.78, 5) is 71.6. The molecule has 19 heteroatoms. The first kappa shape index (κ1) is 78.1. The summed E-state index contributed by atoms with van der Waals surface area (Å²) in [5, 5.41) is 10.5. The maximum Gasteiger partial charge on any atom is 0.472 e. The molecule has 0 aliphatic carbocycles. The molecule has 0 aliphatic rings. The summed E-state index contributed by atoms with van der Waals surface area (Å²) in [6, 6.07) is 0. The van der Waals surface area contributed by atoms with Crippen molar-refractivity contribution in [2.75, 3.05) is 39.6 Å². The first-order chi connectivity index (χ1) is 38.7. The second-order valence-electron chi connectivity index (χ2n) is 22.1. The summed E-state index contributed by atoms with van der Waals surface area (Å²) in [7, 11) is -9.86. The summed E-state index contributed by atoms with van der Waals surface area (Å²) in [5.74, 6) is -2.15. The van der Waals surface area contributed by atoms with Gasteiger partial charge in [0, 0.05) is 25.7 Å². The Morgan fingerprint density at radius 3 is 0.738 bits per heavy atom. The molecule has 474 valence electrons. The van der Waals surface area contributed by atoms with Crippen LogP contribution in [0.5, 0.6) is 0 Å². The molecule has 0 bridgehead atoms. The quantitative estimate of drug-likeness (QED) is 0.0222. The monoisotopic (exact) mass is 1180 g/mol. The summed E-state index contributed by atoms with van der Waals surface area (Å²) in [5.41, 5.74) is 0. The van der Waals surface area contributed by atoms with Gasteiger partial charge in [0.2, 0.25) is 0 Å². The van der Waals surface area contributed by atoms with E-state index in [0.717, 1.165) is 109 Å². The van der Waals surface area contributed by atoms with E-state index < -0.39 is 97.5 Å². The number of phosphoric ester groups is 2. The lowest BCUT2D eigenvalue weighted by Gasteiger charge is -2.21. The molecule has 80 heavy (non-hydrogen) atoms. The summed E-state index contributed by atoms with van der Waals surface area (Å²) < 4.78 is 67.5. The molecule has 0 radical (unpaired) electrons. The highest BCUT2D eigenvalue weighted by Crippen LogP contribution is 2.45. The van der Waals surface area contributed by atoms with Gasteiger partial charge >= 0.3 is 39.5 Å². The van der Waals surface area contributed by atoms with Gasteiger partial charge in [-0.1, -0.05) is 259 Å². The first-order valence-electron chi connectivity index (χ1n) is 32.3. The van der Waals surface area contributed by atoms with Crippen LogP contribution in [0.15, 0.2) is 0 Å². The maximum atomic E-state index is 12.9. The molecule has 0 saturated heterocycles. The average Bonchev–Trinajstić information content (AvgIpc) is 3.43. The van der Waals surface area contributed by atoms with Crippen molar-refractivity contribution in [2.24, 2.45) is 0 Å². The van der Waals surface area contributed by atoms with E-state index in [0.29, 0.717) is 25.7 Å². The Labute approximate surface area is 486 Å². The number of rotatable bonds is 62. The molecule has 2 unspecified atom stereocenters. The topological polar surface area (TPSA) is 237 Å². The molecule has 0 aromatic heterocycles. The number of aliphatic hydroxyl groups is 1. The fraction of sp³-hybridized carbons (Fsp3) is 0.934. The lowest BCUT2D eigenvalue weighted by Crippen LogP contribution is -2.30. The van der Waals surface area contributed by atoms with Gasteiger partial charge in [0.05, 0.1) is 26.4 Å². The molecule has 0 spiro atoms. The fourth-order valence-corrected chi connectivity index (χ4v) is 10.7. The van der Waals surface area contributed by atoms with Gasteiger partial charge in [-0.2, -0.15) is 0 Å². The molecule has 17 nitrogen and oxygen atoms in total. The van der Waals surface area contributed by atoms with Crippen LogP contribution in [0.25, 0.3) is 0 Å². The van der Waals surface area contributed by atoms with Crippen LogP contribution in [0.1, 0.15) is 310 Å². The lowest BCUT2D eigenvalue weighted by molar-refractivity contribution is -0.161. The van der Waals surface area contributed by atoms with Gasteiger partial charge in [-0.15, -0.1) is 0 Å². The number of unbranched alkanes of at least 4 members (excludes halogenated alkanes) is 36. The van der Waals surface area contributed by atoms with Gasteiger partial charge in [-0.3, -0.25) is 37.3 Å². The van der Waals surface area contributed by atoms with Crippen molar-refractivity contribution in [1.29, 1.82) is 0 Å². The van der Waals surface area contributed by atoms with E-state index in [9.17, 15) is 43.2 Å². The SMILES string of the molecule is CCCCCCCCCCCCCCCCCCCCCC(=O)O[C@H](COC(=O)CCCCCCCCCC)COP(=O)(O)OC[C@@H](O)COP(=O)(O)OC[C@@H](COC(=O)CCCCCCC)OC(=O)CCCCCCCCCC. The van der Waals surface area contributed by atoms with Crippen molar-refractivity contribution in [3.05, 3.63) is 0 Å². The fourth-order valence-electron chi connectivity index (χ4n) is 9.10. The Morgan fingerprint density at radius 1 is 0.300 bits per heavy atom. The van der Waals surface area contributed by atoms with Crippen LogP contribution in [0.2, 0.25) is 0 Å². The van der Waals surface area contributed by atoms with Crippen LogP contribution in [-0.2, 0) is 65.4 Å². The smallest absolute Gasteiger partial charge is 0.462 e. The third kappa shape index (κ3) is 55.3. The van der Waals surface area contributed by atoms with Gasteiger partial charge in [0.25, 0.3) is 0 Å². The van der Waals surface area contributed by atoms with Crippen molar-refractivity contribution in [3.8, 4) is 0 Å². The minimum Gasteiger partial charge on any atom is -0.462 e. The lowest BCUT2D eigenvalue weighted by atomic mass is 10.0. The van der Waals surface area contributed by atoms with E-state index in [1.54, 1.807) is 0 Å². The minimum absolute atomic E-state index is 0.104. The predicted molar refractivity (Wildman–Crippen MR) is 317 cm³/mol. The molecule has 0 amide bonds. The number of ether oxygens (including phenoxy) is 4. The predicted octanol–water partition coefficient (Wildman–Crippen LogP) is 16.8. The largest absolute Gasteiger partial charge is 0.472 e. The van der Waals surface area contributed by atoms with Crippen molar-refractivity contribution in [2.45, 2.75) is 329 Å². The highest BCUT2D eigenvalue weighted by Gasteiger charge is 2.30. The van der Waals surface area contributed by atoms with E-state index in [2.05, 4.69) is 27.7 Å². The van der Waals surface area contributed by atoms with Crippen molar-refractivity contribution in [3.63, 3.8) is 0 Å². The van der Waals surface area contributed by atoms with Crippen LogP contribution in [0, 0.1) is 0 Å². The second-order valence-corrected chi connectivity index (χ2v) is 25.0. The molecular formula is C61H118O17P2. The number of carbonyl (C=O) groups excluding carboxylic acids is 4. The van der Waals surface area contributed by atoms with E-state index in [4.69, 9.17) is 37.0 Å². The third-order valence-corrected chi connectivity index (χ3v) is 16.0. The average molecular weight is 1190 g/mol. The van der Waals surface area contributed by atoms with E-state index in [1.807, 2.05) is 0 Å². The Morgan fingerprint density at radius 2 is 0.500 bits per heavy atom. The van der Waals surface area contributed by atoms with Gasteiger partial charge in [0.1, 0.15) is 19.3 Å². The van der Waals surface area contributed by atoms with Gasteiger partial charge in [-0.05, 0) is 25.7 Å². The van der Waals surface area contributed by atoms with Crippen LogP contribution < -0.4 is 0 Å². The Bertz CT molecular complexity index is 1550. The first-order valence-corrected chi connectivity index (χ1v) is 35.3. The number of hydrogen-bond acceptors (Lipinski definition) is 15. The molecule has 0 fully saturated rings. The van der Waals surface area contributed by atoms with Gasteiger partial charge < -0.3 is 33.8 Å². The molecule has 3 N–H and O–H groups in total. The van der Waals surface area contributed by atoms with Crippen LogP contribution in [-0.4, -0.2) is 96.7 Å². The van der Waals surface area contributed by atoms with E-state index in [-0.39, 0.29) is 25.7 Å². The third-order valence-electron chi connectivity index (χ3n) is 14.1. The van der Waals surface area contributed by atoms with Crippen molar-refractivity contribution >= 4 is 39.5 Å². The molecule has 0 rings (SSSR count).